The van der Waals surface area contributed by atoms with Crippen molar-refractivity contribution in [2.24, 2.45) is 0 Å². The average molecular weight is 375 g/mol. The summed E-state index contributed by atoms with van der Waals surface area (Å²) in [6, 6.07) is 12.5. The van der Waals surface area contributed by atoms with E-state index in [2.05, 4.69) is 0 Å². The first-order valence-corrected chi connectivity index (χ1v) is 8.56. The topological polar surface area (TPSA) is 84.5 Å². The van der Waals surface area contributed by atoms with Crippen LogP contribution >= 0.6 is 23.2 Å². The molecule has 0 aliphatic heterocycles. The largest absolute Gasteiger partial charge is 0.482 e. The minimum Gasteiger partial charge on any atom is -0.482 e. The number of rotatable bonds is 6. The molecule has 1 amide bonds. The number of hydrogen-bond donors (Lipinski definition) is 2. The maximum atomic E-state index is 12.0. The molecule has 0 saturated carbocycles. The van der Waals surface area contributed by atoms with Crippen LogP contribution < -0.4 is 15.0 Å². The van der Waals surface area contributed by atoms with Crippen LogP contribution in [0.4, 0.5) is 0 Å². The molecular formula is C14H12Cl2N2O4S. The lowest BCUT2D eigenvalue weighted by Crippen LogP contribution is -2.43. The lowest BCUT2D eigenvalue weighted by Gasteiger charge is -2.10. The van der Waals surface area contributed by atoms with Crippen molar-refractivity contribution in [2.45, 2.75) is 4.90 Å². The van der Waals surface area contributed by atoms with Gasteiger partial charge in [0, 0.05) is 0 Å². The lowest BCUT2D eigenvalue weighted by atomic mass is 10.3. The Morgan fingerprint density at radius 2 is 1.61 bits per heavy atom. The van der Waals surface area contributed by atoms with Gasteiger partial charge in [0.2, 0.25) is 0 Å². The molecule has 0 aliphatic rings. The zero-order valence-electron chi connectivity index (χ0n) is 11.6. The Labute approximate surface area is 143 Å². The summed E-state index contributed by atoms with van der Waals surface area (Å²) in [5.74, 6) is -0.376. The molecule has 2 aromatic carbocycles. The van der Waals surface area contributed by atoms with Gasteiger partial charge >= 0.3 is 0 Å². The summed E-state index contributed by atoms with van der Waals surface area (Å²) >= 11 is 11.7. The standard InChI is InChI=1S/C14H12Cl2N2O4S/c15-10-5-1-3-7-12(10)22-9-14(19)17-18-23(20,21)13-8-4-2-6-11(13)16/h1-8,18H,9H2,(H,17,19). The molecule has 0 radical (unpaired) electrons. The van der Waals surface area contributed by atoms with Crippen LogP contribution in [0.5, 0.6) is 5.75 Å². The summed E-state index contributed by atoms with van der Waals surface area (Å²) in [4.78, 5) is 13.4. The molecule has 0 unspecified atom stereocenters. The first-order chi connectivity index (χ1) is 10.9. The molecule has 6 nitrogen and oxygen atoms in total. The molecule has 0 aromatic heterocycles. The highest BCUT2D eigenvalue weighted by atomic mass is 35.5. The molecule has 23 heavy (non-hydrogen) atoms. The van der Waals surface area contributed by atoms with Crippen molar-refractivity contribution in [1.29, 1.82) is 0 Å². The number of benzene rings is 2. The smallest absolute Gasteiger partial charge is 0.272 e. The van der Waals surface area contributed by atoms with Gasteiger partial charge in [-0.15, -0.1) is 4.83 Å². The van der Waals surface area contributed by atoms with Crippen molar-refractivity contribution in [2.75, 3.05) is 6.61 Å². The molecule has 2 aromatic rings. The van der Waals surface area contributed by atoms with Gasteiger partial charge in [-0.2, -0.15) is 0 Å². The number of hydrazine groups is 1. The van der Waals surface area contributed by atoms with Crippen molar-refractivity contribution in [1.82, 2.24) is 10.3 Å². The number of carbonyl (C=O) groups excluding carboxylic acids is 1. The van der Waals surface area contributed by atoms with E-state index in [0.29, 0.717) is 10.8 Å². The number of amides is 1. The fourth-order valence-corrected chi connectivity index (χ4v) is 3.15. The van der Waals surface area contributed by atoms with E-state index in [0.717, 1.165) is 0 Å². The van der Waals surface area contributed by atoms with Gasteiger partial charge < -0.3 is 4.74 Å². The monoisotopic (exact) mass is 374 g/mol. The normalized spacial score (nSPS) is 11.0. The number of nitrogens with one attached hydrogen (secondary N) is 2. The maximum Gasteiger partial charge on any atom is 0.272 e. The van der Waals surface area contributed by atoms with Crippen molar-refractivity contribution in [3.63, 3.8) is 0 Å². The molecule has 0 spiro atoms. The summed E-state index contributed by atoms with van der Waals surface area (Å²) in [5.41, 5.74) is 2.03. The van der Waals surface area contributed by atoms with Crippen molar-refractivity contribution >= 4 is 39.1 Å². The zero-order chi connectivity index (χ0) is 16.9. The van der Waals surface area contributed by atoms with Crippen LogP contribution in [0.2, 0.25) is 10.0 Å². The van der Waals surface area contributed by atoms with E-state index in [1.165, 1.54) is 18.2 Å². The van der Waals surface area contributed by atoms with E-state index >= 15 is 0 Å². The Morgan fingerprint density at radius 3 is 2.26 bits per heavy atom. The van der Waals surface area contributed by atoms with Crippen molar-refractivity contribution in [3.05, 3.63) is 58.6 Å². The zero-order valence-corrected chi connectivity index (χ0v) is 14.0. The van der Waals surface area contributed by atoms with E-state index in [1.807, 2.05) is 10.3 Å². The quantitative estimate of drug-likeness (QED) is 0.760. The van der Waals surface area contributed by atoms with Gasteiger partial charge in [0.15, 0.2) is 6.61 Å². The summed E-state index contributed by atoms with van der Waals surface area (Å²) < 4.78 is 29.2. The third-order valence-electron chi connectivity index (χ3n) is 2.65. The molecule has 2 rings (SSSR count). The summed E-state index contributed by atoms with van der Waals surface area (Å²) in [5, 5.41) is 0.388. The lowest BCUT2D eigenvalue weighted by molar-refractivity contribution is -0.123. The van der Waals surface area contributed by atoms with Gasteiger partial charge in [-0.1, -0.05) is 47.5 Å². The second kappa shape index (κ2) is 7.65. The maximum absolute atomic E-state index is 12.0. The van der Waals surface area contributed by atoms with Crippen molar-refractivity contribution < 1.29 is 17.9 Å². The molecule has 2 N–H and O–H groups in total. The number of carbonyl (C=O) groups is 1. The van der Waals surface area contributed by atoms with Crippen molar-refractivity contribution in [3.8, 4) is 5.75 Å². The highest BCUT2D eigenvalue weighted by molar-refractivity contribution is 7.89. The minimum absolute atomic E-state index is 0.0431. The van der Waals surface area contributed by atoms with E-state index in [-0.39, 0.29) is 9.92 Å². The van der Waals surface area contributed by atoms with E-state index in [9.17, 15) is 13.2 Å². The molecule has 0 fully saturated rings. The molecule has 0 bridgehead atoms. The average Bonchev–Trinajstić information content (AvgIpc) is 2.52. The second-order valence-electron chi connectivity index (χ2n) is 4.30. The highest BCUT2D eigenvalue weighted by Crippen LogP contribution is 2.23. The van der Waals surface area contributed by atoms with Crippen LogP contribution in [0.25, 0.3) is 0 Å². The van der Waals surface area contributed by atoms with Crippen LogP contribution in [-0.4, -0.2) is 20.9 Å². The molecule has 122 valence electrons. The first kappa shape index (κ1) is 17.6. The summed E-state index contributed by atoms with van der Waals surface area (Å²) in [7, 11) is -3.97. The van der Waals surface area contributed by atoms with Crippen LogP contribution in [0, 0.1) is 0 Å². The van der Waals surface area contributed by atoms with Crippen LogP contribution in [0.1, 0.15) is 0 Å². The molecule has 9 heteroatoms. The van der Waals surface area contributed by atoms with Gasteiger partial charge in [-0.3, -0.25) is 10.2 Å². The number of para-hydroxylation sites is 1. The predicted octanol–water partition coefficient (Wildman–Crippen LogP) is 2.38. The van der Waals surface area contributed by atoms with Crippen LogP contribution in [0.3, 0.4) is 0 Å². The van der Waals surface area contributed by atoms with Gasteiger partial charge in [0.25, 0.3) is 15.9 Å². The highest BCUT2D eigenvalue weighted by Gasteiger charge is 2.18. The SMILES string of the molecule is O=C(COc1ccccc1Cl)NNS(=O)(=O)c1ccccc1Cl. The number of sulfonamides is 1. The van der Waals surface area contributed by atoms with Gasteiger partial charge in [0.1, 0.15) is 10.6 Å². The molecule has 0 heterocycles. The van der Waals surface area contributed by atoms with Gasteiger partial charge in [-0.25, -0.2) is 8.42 Å². The van der Waals surface area contributed by atoms with Gasteiger partial charge in [-0.05, 0) is 24.3 Å². The third kappa shape index (κ3) is 4.84. The van der Waals surface area contributed by atoms with E-state index in [4.69, 9.17) is 27.9 Å². The van der Waals surface area contributed by atoms with E-state index in [1.54, 1.807) is 30.3 Å². The predicted molar refractivity (Wildman–Crippen MR) is 86.9 cm³/mol. The third-order valence-corrected chi connectivity index (χ3v) is 4.71. The Hall–Kier alpha value is -1.80. The fourth-order valence-electron chi connectivity index (χ4n) is 1.58. The Morgan fingerprint density at radius 1 is 1.00 bits per heavy atom. The second-order valence-corrected chi connectivity index (χ2v) is 6.77. The summed E-state index contributed by atoms with van der Waals surface area (Å²) in [6.07, 6.45) is 0. The molecular weight excluding hydrogens is 363 g/mol. The Balaban J connectivity index is 1.92. The van der Waals surface area contributed by atoms with Gasteiger partial charge in [0.05, 0.1) is 10.0 Å². The molecule has 0 aliphatic carbocycles. The molecule has 0 atom stereocenters. The Bertz CT molecular complexity index is 812. The number of hydrogen-bond acceptors (Lipinski definition) is 4. The minimum atomic E-state index is -3.97. The molecule has 0 saturated heterocycles. The van der Waals surface area contributed by atoms with Crippen LogP contribution in [-0.2, 0) is 14.8 Å². The Kier molecular flexibility index (Phi) is 5.84. The summed E-state index contributed by atoms with van der Waals surface area (Å²) in [6.45, 7) is -0.408. The fraction of sp³-hybridized carbons (Fsp3) is 0.0714. The van der Waals surface area contributed by atoms with E-state index < -0.39 is 22.5 Å². The van der Waals surface area contributed by atoms with Crippen LogP contribution in [0.15, 0.2) is 53.4 Å². The first-order valence-electron chi connectivity index (χ1n) is 6.32. The number of halogens is 2. The number of ether oxygens (including phenoxy) is 1.